The quantitative estimate of drug-likeness (QED) is 0.665. The number of nitrogens with zero attached hydrogens (tertiary/aromatic N) is 1. The van der Waals surface area contributed by atoms with Gasteiger partial charge >= 0.3 is 0 Å². The Labute approximate surface area is 83.2 Å². The summed E-state index contributed by atoms with van der Waals surface area (Å²) in [6.07, 6.45) is 0.867. The summed E-state index contributed by atoms with van der Waals surface area (Å²) in [5.41, 5.74) is 0. The fourth-order valence-electron chi connectivity index (χ4n) is 1.52. The smallest absolute Gasteiger partial charge is 0.262 e. The van der Waals surface area contributed by atoms with Gasteiger partial charge in [-0.15, -0.1) is 24.0 Å². The first kappa shape index (κ1) is 11.6. The maximum atomic E-state index is 12.6. The lowest BCUT2D eigenvalue weighted by molar-refractivity contribution is 0.0140. The highest BCUT2D eigenvalue weighted by molar-refractivity contribution is 14.0. The van der Waals surface area contributed by atoms with Gasteiger partial charge in [0.15, 0.2) is 0 Å². The highest BCUT2D eigenvalue weighted by Crippen LogP contribution is 2.31. The number of hydrogen-bond acceptors (Lipinski definition) is 1. The van der Waals surface area contributed by atoms with E-state index in [2.05, 4.69) is 0 Å². The lowest BCUT2D eigenvalue weighted by atomic mass is 10.1. The molecule has 0 radical (unpaired) electrons. The lowest BCUT2D eigenvalue weighted by Crippen LogP contribution is -2.25. The van der Waals surface area contributed by atoms with E-state index in [9.17, 15) is 8.78 Å². The van der Waals surface area contributed by atoms with Crippen LogP contribution in [0.1, 0.15) is 19.8 Å². The second kappa shape index (κ2) is 3.98. The molecule has 0 spiro atoms. The van der Waals surface area contributed by atoms with Crippen molar-refractivity contribution in [3.05, 3.63) is 0 Å². The Kier molecular flexibility index (Phi) is 4.18. The second-order valence-corrected chi connectivity index (χ2v) is 3.04. The van der Waals surface area contributed by atoms with Crippen molar-refractivity contribution < 1.29 is 8.78 Å². The maximum absolute atomic E-state index is 12.6. The number of likely N-dealkylation sites (tertiary alicyclic amines) is 1. The molecule has 1 saturated heterocycles. The standard InChI is InChI=1S/C7H13F2N.HI/c1-3-6-4-7(8,9)5-10(6)2;/h6H,3-5H2,1-2H3;1H. The fraction of sp³-hybridized carbons (Fsp3) is 1.00. The highest BCUT2D eigenvalue weighted by atomic mass is 127. The molecule has 0 aliphatic carbocycles. The molecular formula is C7H14F2IN. The molecule has 1 aliphatic rings. The van der Waals surface area contributed by atoms with Crippen LogP contribution in [-0.2, 0) is 0 Å². The topological polar surface area (TPSA) is 3.24 Å². The van der Waals surface area contributed by atoms with Crippen LogP contribution in [0.5, 0.6) is 0 Å². The molecule has 1 nitrogen and oxygen atoms in total. The van der Waals surface area contributed by atoms with E-state index in [-0.39, 0.29) is 43.0 Å². The summed E-state index contributed by atoms with van der Waals surface area (Å²) in [5, 5.41) is 0. The normalized spacial score (nSPS) is 30.0. The van der Waals surface area contributed by atoms with Gasteiger partial charge in [-0.2, -0.15) is 0 Å². The summed E-state index contributed by atoms with van der Waals surface area (Å²) >= 11 is 0. The molecule has 68 valence electrons. The third kappa shape index (κ3) is 2.82. The van der Waals surface area contributed by atoms with Crippen molar-refractivity contribution in [1.29, 1.82) is 0 Å². The highest BCUT2D eigenvalue weighted by Gasteiger charge is 2.41. The summed E-state index contributed by atoms with van der Waals surface area (Å²) in [7, 11) is 1.76. The van der Waals surface area contributed by atoms with Crippen molar-refractivity contribution in [1.82, 2.24) is 4.90 Å². The van der Waals surface area contributed by atoms with Crippen LogP contribution in [0.4, 0.5) is 8.78 Å². The van der Waals surface area contributed by atoms with Crippen LogP contribution < -0.4 is 0 Å². The van der Waals surface area contributed by atoms with E-state index in [0.29, 0.717) is 0 Å². The molecule has 0 amide bonds. The van der Waals surface area contributed by atoms with Crippen LogP contribution in [0.3, 0.4) is 0 Å². The molecule has 1 atom stereocenters. The summed E-state index contributed by atoms with van der Waals surface area (Å²) < 4.78 is 25.2. The van der Waals surface area contributed by atoms with Crippen molar-refractivity contribution in [2.75, 3.05) is 13.6 Å². The van der Waals surface area contributed by atoms with E-state index >= 15 is 0 Å². The largest absolute Gasteiger partial charge is 0.297 e. The van der Waals surface area contributed by atoms with Gasteiger partial charge in [0.2, 0.25) is 0 Å². The van der Waals surface area contributed by atoms with Crippen LogP contribution in [0.15, 0.2) is 0 Å². The minimum Gasteiger partial charge on any atom is -0.297 e. The van der Waals surface area contributed by atoms with E-state index < -0.39 is 5.92 Å². The first-order valence-electron chi connectivity index (χ1n) is 3.63. The van der Waals surface area contributed by atoms with Crippen LogP contribution in [0.25, 0.3) is 0 Å². The number of hydrogen-bond donors (Lipinski definition) is 0. The zero-order valence-electron chi connectivity index (χ0n) is 6.81. The molecule has 0 N–H and O–H groups in total. The van der Waals surface area contributed by atoms with Crippen LogP contribution in [0.2, 0.25) is 0 Å². The number of alkyl halides is 2. The van der Waals surface area contributed by atoms with Crippen molar-refractivity contribution in [2.45, 2.75) is 31.7 Å². The average Bonchev–Trinajstić information content (AvgIpc) is 2.05. The van der Waals surface area contributed by atoms with E-state index in [0.717, 1.165) is 6.42 Å². The van der Waals surface area contributed by atoms with Gasteiger partial charge in [-0.25, -0.2) is 8.78 Å². The fourth-order valence-corrected chi connectivity index (χ4v) is 1.52. The molecular weight excluding hydrogens is 263 g/mol. The molecule has 0 bridgehead atoms. The summed E-state index contributed by atoms with van der Waals surface area (Å²) in [6, 6.07) is 0.0926. The number of rotatable bonds is 1. The van der Waals surface area contributed by atoms with Gasteiger partial charge in [0, 0.05) is 12.5 Å². The zero-order chi connectivity index (χ0) is 7.78. The maximum Gasteiger partial charge on any atom is 0.262 e. The molecule has 0 aromatic carbocycles. The Morgan fingerprint density at radius 1 is 1.55 bits per heavy atom. The number of halogens is 3. The van der Waals surface area contributed by atoms with E-state index in [1.807, 2.05) is 6.92 Å². The minimum absolute atomic E-state index is 0. The average molecular weight is 277 g/mol. The third-order valence-corrected chi connectivity index (χ3v) is 2.11. The first-order valence-corrected chi connectivity index (χ1v) is 3.63. The van der Waals surface area contributed by atoms with Crippen LogP contribution >= 0.6 is 24.0 Å². The molecule has 1 heterocycles. The monoisotopic (exact) mass is 277 g/mol. The lowest BCUT2D eigenvalue weighted by Gasteiger charge is -2.14. The molecule has 0 aromatic heterocycles. The molecule has 11 heavy (non-hydrogen) atoms. The SMILES string of the molecule is CCC1CC(F)(F)CN1C.I. The Morgan fingerprint density at radius 2 is 2.09 bits per heavy atom. The predicted molar refractivity (Wildman–Crippen MR) is 51.7 cm³/mol. The Balaban J connectivity index is 0.000001000. The Hall–Kier alpha value is 0.550. The molecule has 1 rings (SSSR count). The van der Waals surface area contributed by atoms with E-state index in [4.69, 9.17) is 0 Å². The van der Waals surface area contributed by atoms with Crippen molar-refractivity contribution in [3.63, 3.8) is 0 Å². The Morgan fingerprint density at radius 3 is 2.27 bits per heavy atom. The minimum atomic E-state index is -2.44. The predicted octanol–water partition coefficient (Wildman–Crippen LogP) is 2.35. The van der Waals surface area contributed by atoms with Gasteiger partial charge in [-0.3, -0.25) is 4.90 Å². The summed E-state index contributed by atoms with van der Waals surface area (Å²) in [5.74, 6) is -2.44. The molecule has 4 heteroatoms. The first-order chi connectivity index (χ1) is 4.55. The molecule has 1 aliphatic heterocycles. The Bertz CT molecular complexity index is 130. The third-order valence-electron chi connectivity index (χ3n) is 2.11. The van der Waals surface area contributed by atoms with Crippen molar-refractivity contribution in [3.8, 4) is 0 Å². The van der Waals surface area contributed by atoms with E-state index in [1.165, 1.54) is 0 Å². The molecule has 1 fully saturated rings. The zero-order valence-corrected chi connectivity index (χ0v) is 9.14. The molecule has 0 aromatic rings. The van der Waals surface area contributed by atoms with Crippen molar-refractivity contribution >= 4 is 24.0 Å². The van der Waals surface area contributed by atoms with Gasteiger partial charge in [0.25, 0.3) is 5.92 Å². The van der Waals surface area contributed by atoms with Gasteiger partial charge in [0.1, 0.15) is 0 Å². The van der Waals surface area contributed by atoms with Gasteiger partial charge in [0.05, 0.1) is 6.54 Å². The molecule has 1 unspecified atom stereocenters. The molecule has 0 saturated carbocycles. The van der Waals surface area contributed by atoms with E-state index in [1.54, 1.807) is 11.9 Å². The van der Waals surface area contributed by atoms with Crippen LogP contribution in [-0.4, -0.2) is 30.5 Å². The second-order valence-electron chi connectivity index (χ2n) is 3.04. The van der Waals surface area contributed by atoms with Crippen LogP contribution in [0, 0.1) is 0 Å². The van der Waals surface area contributed by atoms with Crippen molar-refractivity contribution in [2.24, 2.45) is 0 Å². The van der Waals surface area contributed by atoms with Gasteiger partial charge in [-0.1, -0.05) is 6.92 Å². The summed E-state index contributed by atoms with van der Waals surface area (Å²) in [6.45, 7) is 1.88. The van der Waals surface area contributed by atoms with Gasteiger partial charge in [-0.05, 0) is 13.5 Å². The van der Waals surface area contributed by atoms with Gasteiger partial charge < -0.3 is 0 Å². The summed E-state index contributed by atoms with van der Waals surface area (Å²) in [4.78, 5) is 1.74.